The highest BCUT2D eigenvalue weighted by molar-refractivity contribution is 7.99. The van der Waals surface area contributed by atoms with Crippen LogP contribution in [0, 0.1) is 6.92 Å². The SMILES string of the molecule is CCOc1cccc(Sc2n[nH]c(C)n2)c1N. The average molecular weight is 250 g/mol. The summed E-state index contributed by atoms with van der Waals surface area (Å²) in [6, 6.07) is 5.68. The maximum Gasteiger partial charge on any atom is 0.213 e. The number of anilines is 1. The normalized spacial score (nSPS) is 10.5. The van der Waals surface area contributed by atoms with Crippen LogP contribution in [-0.2, 0) is 0 Å². The maximum absolute atomic E-state index is 6.01. The van der Waals surface area contributed by atoms with Crippen LogP contribution in [0.15, 0.2) is 28.3 Å². The van der Waals surface area contributed by atoms with Gasteiger partial charge in [-0.3, -0.25) is 5.10 Å². The van der Waals surface area contributed by atoms with E-state index in [1.807, 2.05) is 32.0 Å². The second-order valence-corrected chi connectivity index (χ2v) is 4.42. The van der Waals surface area contributed by atoms with Gasteiger partial charge in [0.05, 0.1) is 12.3 Å². The zero-order valence-electron chi connectivity index (χ0n) is 9.73. The van der Waals surface area contributed by atoms with Gasteiger partial charge < -0.3 is 10.5 Å². The molecule has 1 aromatic carbocycles. The Kier molecular flexibility index (Phi) is 3.53. The summed E-state index contributed by atoms with van der Waals surface area (Å²) < 4.78 is 5.43. The largest absolute Gasteiger partial charge is 0.492 e. The number of nitrogen functional groups attached to an aromatic ring is 1. The summed E-state index contributed by atoms with van der Waals surface area (Å²) in [4.78, 5) is 5.12. The van der Waals surface area contributed by atoms with E-state index in [-0.39, 0.29) is 0 Å². The van der Waals surface area contributed by atoms with Gasteiger partial charge in [-0.1, -0.05) is 6.07 Å². The highest BCUT2D eigenvalue weighted by Gasteiger charge is 2.09. The Morgan fingerprint density at radius 1 is 1.47 bits per heavy atom. The molecule has 2 aromatic rings. The highest BCUT2D eigenvalue weighted by atomic mass is 32.2. The molecule has 6 heteroatoms. The maximum atomic E-state index is 6.01. The first-order valence-electron chi connectivity index (χ1n) is 5.29. The summed E-state index contributed by atoms with van der Waals surface area (Å²) in [5.41, 5.74) is 6.64. The van der Waals surface area contributed by atoms with Crippen LogP contribution < -0.4 is 10.5 Å². The minimum atomic E-state index is 0.595. The number of aromatic nitrogens is 3. The van der Waals surface area contributed by atoms with Crippen molar-refractivity contribution in [3.63, 3.8) is 0 Å². The minimum Gasteiger partial charge on any atom is -0.492 e. The van der Waals surface area contributed by atoms with Crippen LogP contribution in [0.1, 0.15) is 12.7 Å². The van der Waals surface area contributed by atoms with E-state index in [4.69, 9.17) is 10.5 Å². The van der Waals surface area contributed by atoms with Crippen molar-refractivity contribution >= 4 is 17.4 Å². The molecule has 1 heterocycles. The van der Waals surface area contributed by atoms with E-state index in [2.05, 4.69) is 15.2 Å². The van der Waals surface area contributed by atoms with E-state index >= 15 is 0 Å². The molecule has 0 spiro atoms. The number of nitrogens with zero attached hydrogens (tertiary/aromatic N) is 2. The van der Waals surface area contributed by atoms with Crippen molar-refractivity contribution in [3.8, 4) is 5.75 Å². The molecule has 0 atom stereocenters. The van der Waals surface area contributed by atoms with Crippen LogP contribution in [0.3, 0.4) is 0 Å². The third-order valence-corrected chi connectivity index (χ3v) is 3.04. The molecule has 0 amide bonds. The van der Waals surface area contributed by atoms with Gasteiger partial charge in [0.1, 0.15) is 11.6 Å². The number of rotatable bonds is 4. The van der Waals surface area contributed by atoms with E-state index in [1.54, 1.807) is 0 Å². The van der Waals surface area contributed by atoms with E-state index in [1.165, 1.54) is 11.8 Å². The van der Waals surface area contributed by atoms with Gasteiger partial charge in [-0.15, -0.1) is 5.10 Å². The Hall–Kier alpha value is -1.69. The summed E-state index contributed by atoms with van der Waals surface area (Å²) in [5.74, 6) is 1.48. The molecule has 5 nitrogen and oxygen atoms in total. The number of para-hydroxylation sites is 1. The number of aromatic amines is 1. The van der Waals surface area contributed by atoms with Crippen molar-refractivity contribution < 1.29 is 4.74 Å². The molecule has 1 aromatic heterocycles. The molecule has 17 heavy (non-hydrogen) atoms. The van der Waals surface area contributed by atoms with E-state index in [0.717, 1.165) is 10.7 Å². The molecule has 0 unspecified atom stereocenters. The number of aryl methyl sites for hydroxylation is 1. The van der Waals surface area contributed by atoms with Crippen molar-refractivity contribution in [2.75, 3.05) is 12.3 Å². The second kappa shape index (κ2) is 5.09. The smallest absolute Gasteiger partial charge is 0.213 e. The number of H-pyrrole nitrogens is 1. The van der Waals surface area contributed by atoms with Crippen LogP contribution in [0.4, 0.5) is 5.69 Å². The first kappa shape index (κ1) is 11.8. The molecule has 0 saturated heterocycles. The fourth-order valence-electron chi connectivity index (χ4n) is 1.36. The Morgan fingerprint density at radius 3 is 2.94 bits per heavy atom. The monoisotopic (exact) mass is 250 g/mol. The number of nitrogens with one attached hydrogen (secondary N) is 1. The summed E-state index contributed by atoms with van der Waals surface area (Å²) in [6.45, 7) is 4.38. The van der Waals surface area contributed by atoms with Crippen molar-refractivity contribution in [2.45, 2.75) is 23.9 Å². The van der Waals surface area contributed by atoms with Crippen LogP contribution >= 0.6 is 11.8 Å². The van der Waals surface area contributed by atoms with Gasteiger partial charge in [0.2, 0.25) is 5.16 Å². The zero-order chi connectivity index (χ0) is 12.3. The lowest BCUT2D eigenvalue weighted by atomic mass is 10.3. The predicted octanol–water partition coefficient (Wildman–Crippen LogP) is 2.25. The van der Waals surface area contributed by atoms with Gasteiger partial charge >= 0.3 is 0 Å². The first-order valence-corrected chi connectivity index (χ1v) is 6.10. The Bertz CT molecular complexity index is 512. The average Bonchev–Trinajstić information content (AvgIpc) is 2.70. The number of ether oxygens (including phenoxy) is 1. The van der Waals surface area contributed by atoms with Crippen molar-refractivity contribution in [1.82, 2.24) is 15.2 Å². The molecule has 3 N–H and O–H groups in total. The molecule has 0 aliphatic rings. The molecule has 0 saturated carbocycles. The van der Waals surface area contributed by atoms with Crippen LogP contribution in [-0.4, -0.2) is 21.8 Å². The topological polar surface area (TPSA) is 76.8 Å². The van der Waals surface area contributed by atoms with Gasteiger partial charge in [-0.25, -0.2) is 4.98 Å². The molecule has 0 radical (unpaired) electrons. The Balaban J connectivity index is 2.23. The molecular formula is C11H14N4OS. The summed E-state index contributed by atoms with van der Waals surface area (Å²) >= 11 is 1.42. The van der Waals surface area contributed by atoms with Crippen LogP contribution in [0.5, 0.6) is 5.75 Å². The lowest BCUT2D eigenvalue weighted by Crippen LogP contribution is -1.98. The molecule has 0 aliphatic carbocycles. The number of hydrogen-bond donors (Lipinski definition) is 2. The molecule has 0 fully saturated rings. The molecule has 0 aliphatic heterocycles. The van der Waals surface area contributed by atoms with Crippen molar-refractivity contribution in [3.05, 3.63) is 24.0 Å². The van der Waals surface area contributed by atoms with E-state index in [0.29, 0.717) is 23.2 Å². The number of hydrogen-bond acceptors (Lipinski definition) is 5. The zero-order valence-corrected chi connectivity index (χ0v) is 10.5. The molecule has 0 bridgehead atoms. The summed E-state index contributed by atoms with van der Waals surface area (Å²) in [7, 11) is 0. The first-order chi connectivity index (χ1) is 8.20. The molecule has 90 valence electrons. The lowest BCUT2D eigenvalue weighted by molar-refractivity contribution is 0.341. The molecular weight excluding hydrogens is 236 g/mol. The van der Waals surface area contributed by atoms with Gasteiger partial charge in [0.15, 0.2) is 0 Å². The Labute approximate surface area is 104 Å². The second-order valence-electron chi connectivity index (χ2n) is 3.41. The Morgan fingerprint density at radius 2 is 2.29 bits per heavy atom. The van der Waals surface area contributed by atoms with Gasteiger partial charge in [0.25, 0.3) is 0 Å². The lowest BCUT2D eigenvalue weighted by Gasteiger charge is -2.09. The van der Waals surface area contributed by atoms with Gasteiger partial charge in [-0.05, 0) is 37.7 Å². The third kappa shape index (κ3) is 2.71. The summed E-state index contributed by atoms with van der Waals surface area (Å²) in [5, 5.41) is 7.51. The fraction of sp³-hybridized carbons (Fsp3) is 0.273. The highest BCUT2D eigenvalue weighted by Crippen LogP contribution is 2.35. The molecule has 2 rings (SSSR count). The van der Waals surface area contributed by atoms with Gasteiger partial charge in [0, 0.05) is 4.90 Å². The van der Waals surface area contributed by atoms with Crippen LogP contribution in [0.25, 0.3) is 0 Å². The standard InChI is InChI=1S/C11H14N4OS/c1-3-16-8-5-4-6-9(10(8)12)17-11-13-7(2)14-15-11/h4-6H,3,12H2,1-2H3,(H,13,14,15). The third-order valence-electron chi connectivity index (χ3n) is 2.10. The van der Waals surface area contributed by atoms with E-state index in [9.17, 15) is 0 Å². The predicted molar refractivity (Wildman–Crippen MR) is 67.3 cm³/mol. The quantitative estimate of drug-likeness (QED) is 0.814. The van der Waals surface area contributed by atoms with E-state index < -0.39 is 0 Å². The number of nitrogens with two attached hydrogens (primary N) is 1. The van der Waals surface area contributed by atoms with Crippen molar-refractivity contribution in [2.24, 2.45) is 0 Å². The van der Waals surface area contributed by atoms with Gasteiger partial charge in [-0.2, -0.15) is 0 Å². The van der Waals surface area contributed by atoms with Crippen molar-refractivity contribution in [1.29, 1.82) is 0 Å². The summed E-state index contributed by atoms with van der Waals surface area (Å²) in [6.07, 6.45) is 0. The number of benzene rings is 1. The van der Waals surface area contributed by atoms with Crippen LogP contribution in [0.2, 0.25) is 0 Å². The minimum absolute atomic E-state index is 0.595. The fourth-order valence-corrected chi connectivity index (χ4v) is 2.19.